The molecule has 2 aromatic heterocycles. The SMILES string of the molecule is CC(C(=O)Nc1ccc(Oc2ccc(F)cc2)cn1)N1CCN(C(=O)c2ccc(=O)[nH]c2)[C@H](C)C1. The largest absolute Gasteiger partial charge is 0.456 e. The molecule has 0 spiro atoms. The number of piperazine rings is 1. The molecule has 9 nitrogen and oxygen atoms in total. The molecule has 0 bridgehead atoms. The van der Waals surface area contributed by atoms with Crippen molar-refractivity contribution in [3.8, 4) is 11.5 Å². The second-order valence-electron chi connectivity index (χ2n) is 8.38. The standard InChI is InChI=1S/C25H26FN5O4/c1-16-15-30(11-12-31(16)25(34)18-3-10-23(32)28-13-18)17(2)24(33)29-22-9-8-21(14-27-22)35-20-6-4-19(26)5-7-20/h3-10,13-14,16-17H,11-12,15H2,1-2H3,(H,28,32)(H,27,29,33)/t16-,17?/m1/s1. The molecule has 4 rings (SSSR count). The van der Waals surface area contributed by atoms with Gasteiger partial charge in [-0.2, -0.15) is 0 Å². The van der Waals surface area contributed by atoms with E-state index in [0.29, 0.717) is 42.5 Å². The van der Waals surface area contributed by atoms with E-state index in [4.69, 9.17) is 4.74 Å². The minimum atomic E-state index is -0.431. The van der Waals surface area contributed by atoms with E-state index in [1.54, 1.807) is 17.0 Å². The quantitative estimate of drug-likeness (QED) is 0.563. The van der Waals surface area contributed by atoms with Crippen LogP contribution in [0.2, 0.25) is 0 Å². The Morgan fingerprint density at radius 3 is 2.49 bits per heavy atom. The molecule has 10 heteroatoms. The molecule has 1 saturated heterocycles. The molecular formula is C25H26FN5O4. The highest BCUT2D eigenvalue weighted by molar-refractivity contribution is 5.95. The zero-order chi connectivity index (χ0) is 24.9. The third-order valence-electron chi connectivity index (χ3n) is 5.92. The van der Waals surface area contributed by atoms with Crippen molar-refractivity contribution in [3.05, 3.63) is 82.7 Å². The molecule has 0 radical (unpaired) electrons. The average molecular weight is 480 g/mol. The normalized spacial score (nSPS) is 17.0. The van der Waals surface area contributed by atoms with Crippen LogP contribution in [0.1, 0.15) is 24.2 Å². The van der Waals surface area contributed by atoms with Gasteiger partial charge in [0.1, 0.15) is 23.1 Å². The molecular weight excluding hydrogens is 453 g/mol. The summed E-state index contributed by atoms with van der Waals surface area (Å²) in [5, 5.41) is 2.81. The number of carbonyl (C=O) groups excluding carboxylic acids is 2. The van der Waals surface area contributed by atoms with Gasteiger partial charge in [-0.05, 0) is 56.3 Å². The van der Waals surface area contributed by atoms with E-state index in [-0.39, 0.29) is 29.2 Å². The van der Waals surface area contributed by atoms with Crippen molar-refractivity contribution >= 4 is 17.6 Å². The number of carbonyl (C=O) groups is 2. The van der Waals surface area contributed by atoms with Gasteiger partial charge in [0.25, 0.3) is 5.91 Å². The van der Waals surface area contributed by atoms with Gasteiger partial charge in [-0.1, -0.05) is 0 Å². The number of hydrogen-bond donors (Lipinski definition) is 2. The van der Waals surface area contributed by atoms with E-state index < -0.39 is 6.04 Å². The molecule has 0 saturated carbocycles. The zero-order valence-electron chi connectivity index (χ0n) is 19.4. The predicted molar refractivity (Wildman–Crippen MR) is 128 cm³/mol. The smallest absolute Gasteiger partial charge is 0.255 e. The monoisotopic (exact) mass is 479 g/mol. The minimum absolute atomic E-state index is 0.112. The first-order valence-electron chi connectivity index (χ1n) is 11.2. The Kier molecular flexibility index (Phi) is 7.21. The maximum Gasteiger partial charge on any atom is 0.255 e. The molecule has 0 aliphatic carbocycles. The molecule has 2 atom stereocenters. The van der Waals surface area contributed by atoms with Crippen LogP contribution in [-0.4, -0.2) is 63.3 Å². The zero-order valence-corrected chi connectivity index (χ0v) is 19.4. The lowest BCUT2D eigenvalue weighted by atomic mass is 10.1. The first-order chi connectivity index (χ1) is 16.8. The van der Waals surface area contributed by atoms with Gasteiger partial charge in [-0.3, -0.25) is 19.3 Å². The molecule has 3 heterocycles. The van der Waals surface area contributed by atoms with Crippen LogP contribution >= 0.6 is 0 Å². The van der Waals surface area contributed by atoms with E-state index in [1.807, 2.05) is 18.7 Å². The summed E-state index contributed by atoms with van der Waals surface area (Å²) in [6, 6.07) is 11.2. The Bertz CT molecular complexity index is 1230. The van der Waals surface area contributed by atoms with E-state index in [2.05, 4.69) is 15.3 Å². The fourth-order valence-electron chi connectivity index (χ4n) is 3.90. The van der Waals surface area contributed by atoms with Gasteiger partial charge in [0.15, 0.2) is 0 Å². The fraction of sp³-hybridized carbons (Fsp3) is 0.280. The fourth-order valence-corrected chi connectivity index (χ4v) is 3.90. The first-order valence-corrected chi connectivity index (χ1v) is 11.2. The maximum atomic E-state index is 13.0. The summed E-state index contributed by atoms with van der Waals surface area (Å²) in [6.07, 6.45) is 2.90. The highest BCUT2D eigenvalue weighted by Crippen LogP contribution is 2.22. The molecule has 2 amide bonds. The minimum Gasteiger partial charge on any atom is -0.456 e. The van der Waals surface area contributed by atoms with E-state index >= 15 is 0 Å². The summed E-state index contributed by atoms with van der Waals surface area (Å²) in [5.41, 5.74) is 0.164. The predicted octanol–water partition coefficient (Wildman–Crippen LogP) is 2.87. The summed E-state index contributed by atoms with van der Waals surface area (Å²) in [6.45, 7) is 5.27. The Balaban J connectivity index is 1.31. The van der Waals surface area contributed by atoms with Gasteiger partial charge in [-0.15, -0.1) is 0 Å². The number of pyridine rings is 2. The highest BCUT2D eigenvalue weighted by atomic mass is 19.1. The van der Waals surface area contributed by atoms with Crippen molar-refractivity contribution in [1.82, 2.24) is 19.8 Å². The summed E-state index contributed by atoms with van der Waals surface area (Å²) < 4.78 is 18.6. The lowest BCUT2D eigenvalue weighted by molar-refractivity contribution is -0.121. The lowest BCUT2D eigenvalue weighted by Gasteiger charge is -2.41. The number of hydrogen-bond acceptors (Lipinski definition) is 6. The van der Waals surface area contributed by atoms with Gasteiger partial charge in [0.2, 0.25) is 11.5 Å². The van der Waals surface area contributed by atoms with Crippen LogP contribution in [0.4, 0.5) is 10.2 Å². The summed E-state index contributed by atoms with van der Waals surface area (Å²) >= 11 is 0. The molecule has 1 aliphatic rings. The average Bonchev–Trinajstić information content (AvgIpc) is 2.86. The number of rotatable bonds is 6. The Labute approximate surface area is 201 Å². The number of nitrogens with zero attached hydrogens (tertiary/aromatic N) is 3. The number of nitrogens with one attached hydrogen (secondary N) is 2. The summed E-state index contributed by atoms with van der Waals surface area (Å²) in [7, 11) is 0. The summed E-state index contributed by atoms with van der Waals surface area (Å²) in [4.78, 5) is 47.4. The van der Waals surface area contributed by atoms with E-state index in [9.17, 15) is 18.8 Å². The topological polar surface area (TPSA) is 108 Å². The van der Waals surface area contributed by atoms with Crippen LogP contribution in [0.25, 0.3) is 0 Å². The van der Waals surface area contributed by atoms with Crippen LogP contribution in [-0.2, 0) is 4.79 Å². The number of amides is 2. The van der Waals surface area contributed by atoms with Crippen LogP contribution in [0, 0.1) is 5.82 Å². The number of ether oxygens (including phenoxy) is 1. The Hall–Kier alpha value is -4.05. The van der Waals surface area contributed by atoms with Gasteiger partial charge < -0.3 is 19.9 Å². The Morgan fingerprint density at radius 2 is 1.86 bits per heavy atom. The number of anilines is 1. The van der Waals surface area contributed by atoms with Crippen molar-refractivity contribution in [2.24, 2.45) is 0 Å². The highest BCUT2D eigenvalue weighted by Gasteiger charge is 2.32. The van der Waals surface area contributed by atoms with Gasteiger partial charge >= 0.3 is 0 Å². The van der Waals surface area contributed by atoms with Crippen LogP contribution < -0.4 is 15.6 Å². The molecule has 2 N–H and O–H groups in total. The molecule has 182 valence electrons. The number of benzene rings is 1. The first kappa shape index (κ1) is 24.1. The third-order valence-corrected chi connectivity index (χ3v) is 5.92. The van der Waals surface area contributed by atoms with Gasteiger partial charge in [0, 0.05) is 37.9 Å². The second-order valence-corrected chi connectivity index (χ2v) is 8.38. The second kappa shape index (κ2) is 10.5. The van der Waals surface area contributed by atoms with Gasteiger partial charge in [0.05, 0.1) is 17.8 Å². The third kappa shape index (κ3) is 5.90. The molecule has 3 aromatic rings. The van der Waals surface area contributed by atoms with Crippen LogP contribution in [0.3, 0.4) is 0 Å². The van der Waals surface area contributed by atoms with Crippen molar-refractivity contribution in [2.45, 2.75) is 25.9 Å². The van der Waals surface area contributed by atoms with Crippen molar-refractivity contribution in [2.75, 3.05) is 25.0 Å². The van der Waals surface area contributed by atoms with Gasteiger partial charge in [-0.25, -0.2) is 9.37 Å². The number of aromatic nitrogens is 2. The molecule has 1 aliphatic heterocycles. The number of halogens is 1. The maximum absolute atomic E-state index is 13.0. The molecule has 35 heavy (non-hydrogen) atoms. The lowest BCUT2D eigenvalue weighted by Crippen LogP contribution is -2.58. The Morgan fingerprint density at radius 1 is 1.11 bits per heavy atom. The number of H-pyrrole nitrogens is 1. The number of aromatic amines is 1. The summed E-state index contributed by atoms with van der Waals surface area (Å²) in [5.74, 6) is 0.604. The van der Waals surface area contributed by atoms with Crippen molar-refractivity contribution in [3.63, 3.8) is 0 Å². The van der Waals surface area contributed by atoms with Crippen molar-refractivity contribution < 1.29 is 18.7 Å². The molecule has 1 fully saturated rings. The van der Waals surface area contributed by atoms with Crippen LogP contribution in [0.5, 0.6) is 11.5 Å². The van der Waals surface area contributed by atoms with E-state index in [1.165, 1.54) is 48.8 Å². The van der Waals surface area contributed by atoms with E-state index in [0.717, 1.165) is 0 Å². The van der Waals surface area contributed by atoms with Crippen LogP contribution in [0.15, 0.2) is 65.7 Å². The van der Waals surface area contributed by atoms with Crippen molar-refractivity contribution in [1.29, 1.82) is 0 Å². The molecule has 1 aromatic carbocycles. The molecule has 1 unspecified atom stereocenters.